The highest BCUT2D eigenvalue weighted by atomic mass is 19.1. The Morgan fingerprint density at radius 2 is 1.93 bits per heavy atom. The van der Waals surface area contributed by atoms with Gasteiger partial charge in [-0.3, -0.25) is 14.5 Å². The Balaban J connectivity index is 1.67. The van der Waals surface area contributed by atoms with E-state index in [9.17, 15) is 14.0 Å². The van der Waals surface area contributed by atoms with Gasteiger partial charge in [-0.1, -0.05) is 36.4 Å². The molecule has 4 rings (SSSR count). The predicted octanol–water partition coefficient (Wildman–Crippen LogP) is 2.07. The van der Waals surface area contributed by atoms with Crippen LogP contribution in [-0.4, -0.2) is 54.3 Å². The summed E-state index contributed by atoms with van der Waals surface area (Å²) in [6, 6.07) is 14.2. The molecule has 1 saturated heterocycles. The molecule has 2 aliphatic heterocycles. The number of likely N-dealkylation sites (tertiary alicyclic amines) is 1. The quantitative estimate of drug-likeness (QED) is 0.886. The molecule has 2 heterocycles. The number of nitrogens with zero attached hydrogens (tertiary/aromatic N) is 2. The van der Waals surface area contributed by atoms with Crippen LogP contribution < -0.4 is 5.32 Å². The van der Waals surface area contributed by atoms with Gasteiger partial charge in [-0.15, -0.1) is 0 Å². The number of benzene rings is 2. The van der Waals surface area contributed by atoms with Crippen LogP contribution in [0.2, 0.25) is 0 Å². The van der Waals surface area contributed by atoms with Crippen LogP contribution in [0.5, 0.6) is 0 Å². The molecule has 1 N–H and O–H groups in total. The average molecular weight is 381 g/mol. The highest BCUT2D eigenvalue weighted by Crippen LogP contribution is 2.37. The number of carbonyl (C=O) groups excluding carboxylic acids is 2. The van der Waals surface area contributed by atoms with Crippen LogP contribution in [-0.2, 0) is 17.8 Å². The molecule has 2 aliphatic rings. The number of halogens is 1. The zero-order chi connectivity index (χ0) is 19.9. The molecule has 0 aliphatic carbocycles. The van der Waals surface area contributed by atoms with Crippen LogP contribution in [0, 0.1) is 11.7 Å². The molecule has 2 aromatic rings. The molecule has 0 bridgehead atoms. The third kappa shape index (κ3) is 3.18. The van der Waals surface area contributed by atoms with Crippen molar-refractivity contribution < 1.29 is 14.0 Å². The Morgan fingerprint density at radius 3 is 2.68 bits per heavy atom. The van der Waals surface area contributed by atoms with Crippen molar-refractivity contribution in [3.63, 3.8) is 0 Å². The topological polar surface area (TPSA) is 52.7 Å². The Labute approximate surface area is 164 Å². The van der Waals surface area contributed by atoms with E-state index in [1.54, 1.807) is 31.1 Å². The monoisotopic (exact) mass is 381 g/mol. The van der Waals surface area contributed by atoms with E-state index < -0.39 is 5.54 Å². The van der Waals surface area contributed by atoms with Crippen LogP contribution in [0.15, 0.2) is 48.5 Å². The van der Waals surface area contributed by atoms with Crippen molar-refractivity contribution in [2.75, 3.05) is 27.2 Å². The third-order valence-electron chi connectivity index (χ3n) is 5.83. The summed E-state index contributed by atoms with van der Waals surface area (Å²) in [5.41, 5.74) is 1.53. The van der Waals surface area contributed by atoms with Crippen molar-refractivity contribution in [3.8, 4) is 0 Å². The summed E-state index contributed by atoms with van der Waals surface area (Å²) in [5.74, 6) is -0.801. The zero-order valence-electron chi connectivity index (χ0n) is 16.1. The second-order valence-electron chi connectivity index (χ2n) is 7.99. The summed E-state index contributed by atoms with van der Waals surface area (Å²) in [7, 11) is 3.46. The minimum absolute atomic E-state index is 0.0179. The molecule has 5 nitrogen and oxygen atoms in total. The first-order chi connectivity index (χ1) is 13.4. The lowest BCUT2D eigenvalue weighted by molar-refractivity contribution is -0.134. The molecule has 2 aromatic carbocycles. The zero-order valence-corrected chi connectivity index (χ0v) is 16.1. The molecule has 2 amide bonds. The van der Waals surface area contributed by atoms with E-state index in [1.165, 1.54) is 6.07 Å². The lowest BCUT2D eigenvalue weighted by atomic mass is 9.77. The van der Waals surface area contributed by atoms with Gasteiger partial charge in [0.05, 0.1) is 11.5 Å². The molecule has 0 aromatic heterocycles. The van der Waals surface area contributed by atoms with Crippen molar-refractivity contribution in [2.24, 2.45) is 5.92 Å². The molecule has 28 heavy (non-hydrogen) atoms. The van der Waals surface area contributed by atoms with Gasteiger partial charge in [0.25, 0.3) is 5.91 Å². The van der Waals surface area contributed by atoms with Crippen LogP contribution in [0.3, 0.4) is 0 Å². The number of rotatable bonds is 3. The minimum atomic E-state index is -0.682. The lowest BCUT2D eigenvalue weighted by Crippen LogP contribution is -2.61. The maximum Gasteiger partial charge on any atom is 0.252 e. The van der Waals surface area contributed by atoms with Crippen molar-refractivity contribution in [1.29, 1.82) is 0 Å². The number of carbonyl (C=O) groups is 2. The highest BCUT2D eigenvalue weighted by molar-refractivity contribution is 5.98. The van der Waals surface area contributed by atoms with E-state index in [1.807, 2.05) is 30.3 Å². The van der Waals surface area contributed by atoms with Gasteiger partial charge < -0.3 is 10.2 Å². The second-order valence-corrected chi connectivity index (χ2v) is 7.99. The van der Waals surface area contributed by atoms with Crippen molar-refractivity contribution in [2.45, 2.75) is 18.5 Å². The maximum atomic E-state index is 14.1. The number of amides is 2. The van der Waals surface area contributed by atoms with Crippen molar-refractivity contribution in [1.82, 2.24) is 15.1 Å². The number of hydrogen-bond donors (Lipinski definition) is 1. The smallest absolute Gasteiger partial charge is 0.252 e. The number of hydrogen-bond acceptors (Lipinski definition) is 3. The molecular weight excluding hydrogens is 357 g/mol. The molecule has 1 spiro atoms. The largest absolute Gasteiger partial charge is 0.348 e. The normalized spacial score (nSPS) is 24.1. The third-order valence-corrected chi connectivity index (χ3v) is 5.83. The van der Waals surface area contributed by atoms with E-state index in [0.717, 1.165) is 5.56 Å². The molecular formula is C22H24FN3O2. The SMILES string of the molecule is CN(C)C(=O)[C@@H]1CN(Cc2ccccc2F)C[C@]12Cc1ccccc1C(=O)N2. The van der Waals surface area contributed by atoms with Gasteiger partial charge in [0.1, 0.15) is 5.82 Å². The maximum absolute atomic E-state index is 14.1. The molecule has 6 heteroatoms. The van der Waals surface area contributed by atoms with E-state index in [4.69, 9.17) is 0 Å². The summed E-state index contributed by atoms with van der Waals surface area (Å²) < 4.78 is 14.1. The van der Waals surface area contributed by atoms with E-state index in [-0.39, 0.29) is 23.5 Å². The first-order valence-electron chi connectivity index (χ1n) is 9.47. The highest BCUT2D eigenvalue weighted by Gasteiger charge is 2.53. The van der Waals surface area contributed by atoms with E-state index >= 15 is 0 Å². The van der Waals surface area contributed by atoms with Gasteiger partial charge in [0, 0.05) is 44.9 Å². The van der Waals surface area contributed by atoms with Gasteiger partial charge in [0.15, 0.2) is 0 Å². The summed E-state index contributed by atoms with van der Waals surface area (Å²) in [6.07, 6.45) is 0.590. The lowest BCUT2D eigenvalue weighted by Gasteiger charge is -2.40. The first kappa shape index (κ1) is 18.6. The molecule has 0 saturated carbocycles. The van der Waals surface area contributed by atoms with Crippen molar-refractivity contribution >= 4 is 11.8 Å². The van der Waals surface area contributed by atoms with Crippen LogP contribution >= 0.6 is 0 Å². The Hall–Kier alpha value is -2.73. The van der Waals surface area contributed by atoms with Gasteiger partial charge in [-0.05, 0) is 24.1 Å². The molecule has 1 fully saturated rings. The fourth-order valence-corrected chi connectivity index (χ4v) is 4.50. The van der Waals surface area contributed by atoms with Crippen molar-refractivity contribution in [3.05, 3.63) is 71.0 Å². The fourth-order valence-electron chi connectivity index (χ4n) is 4.50. The Bertz CT molecular complexity index is 930. The molecule has 146 valence electrons. The number of fused-ring (bicyclic) bond motifs is 1. The van der Waals surface area contributed by atoms with Gasteiger partial charge in [0.2, 0.25) is 5.91 Å². The molecule has 0 radical (unpaired) electrons. The second kappa shape index (κ2) is 7.02. The summed E-state index contributed by atoms with van der Waals surface area (Å²) >= 11 is 0. The first-order valence-corrected chi connectivity index (χ1v) is 9.47. The molecule has 0 unspecified atom stereocenters. The van der Waals surface area contributed by atoms with Gasteiger partial charge >= 0.3 is 0 Å². The minimum Gasteiger partial charge on any atom is -0.348 e. The Kier molecular flexibility index (Phi) is 4.67. The van der Waals surface area contributed by atoms with E-state index in [2.05, 4.69) is 10.2 Å². The summed E-state index contributed by atoms with van der Waals surface area (Å²) in [5, 5.41) is 3.14. The number of nitrogens with one attached hydrogen (secondary N) is 1. The Morgan fingerprint density at radius 1 is 1.21 bits per heavy atom. The van der Waals surface area contributed by atoms with Crippen LogP contribution in [0.25, 0.3) is 0 Å². The van der Waals surface area contributed by atoms with Crippen LogP contribution in [0.4, 0.5) is 4.39 Å². The van der Waals surface area contributed by atoms with Gasteiger partial charge in [-0.2, -0.15) is 0 Å². The average Bonchev–Trinajstić information content (AvgIpc) is 2.99. The fraction of sp³-hybridized carbons (Fsp3) is 0.364. The summed E-state index contributed by atoms with van der Waals surface area (Å²) in [6.45, 7) is 1.39. The molecule has 2 atom stereocenters. The van der Waals surface area contributed by atoms with E-state index in [0.29, 0.717) is 37.2 Å². The predicted molar refractivity (Wildman–Crippen MR) is 104 cm³/mol. The standard InChI is InChI=1S/C22H24FN3O2/c1-25(2)21(28)18-13-26(12-16-8-4-6-10-19(16)23)14-22(18)11-15-7-3-5-9-17(15)20(27)24-22/h3-10,18H,11-14H2,1-2H3,(H,24,27)/t18-,22+/m0/s1. The summed E-state index contributed by atoms with van der Waals surface area (Å²) in [4.78, 5) is 29.4. The van der Waals surface area contributed by atoms with Crippen LogP contribution in [0.1, 0.15) is 21.5 Å². The van der Waals surface area contributed by atoms with Gasteiger partial charge in [-0.25, -0.2) is 4.39 Å².